The second-order valence-electron chi connectivity index (χ2n) is 5.59. The highest BCUT2D eigenvalue weighted by atomic mass is 35.5. The van der Waals surface area contributed by atoms with E-state index in [1.165, 1.54) is 20.1 Å². The molecule has 0 bridgehead atoms. The van der Waals surface area contributed by atoms with Crippen LogP contribution in [-0.4, -0.2) is 27.5 Å². The fourth-order valence-corrected chi connectivity index (χ4v) is 3.83. The van der Waals surface area contributed by atoms with E-state index in [0.717, 1.165) is 17.7 Å². The maximum atomic E-state index is 13.4. The van der Waals surface area contributed by atoms with Crippen molar-refractivity contribution in [1.29, 1.82) is 0 Å². The van der Waals surface area contributed by atoms with E-state index in [2.05, 4.69) is 10.0 Å². The highest BCUT2D eigenvalue weighted by Crippen LogP contribution is 2.25. The van der Waals surface area contributed by atoms with Crippen LogP contribution in [0.3, 0.4) is 0 Å². The fraction of sp³-hybridized carbons (Fsp3) is 0.235. The van der Waals surface area contributed by atoms with Gasteiger partial charge in [-0.2, -0.15) is 4.72 Å². The van der Waals surface area contributed by atoms with Gasteiger partial charge in [-0.25, -0.2) is 12.8 Å². The predicted molar refractivity (Wildman–Crippen MR) is 97.6 cm³/mol. The normalized spacial score (nSPS) is 12.5. The molecule has 1 amide bonds. The summed E-state index contributed by atoms with van der Waals surface area (Å²) < 4.78 is 45.6. The number of halogens is 2. The molecule has 0 aliphatic rings. The van der Waals surface area contributed by atoms with Crippen LogP contribution < -0.4 is 14.8 Å². The van der Waals surface area contributed by atoms with Gasteiger partial charge in [0.1, 0.15) is 16.5 Å². The van der Waals surface area contributed by atoms with E-state index in [-0.39, 0.29) is 10.6 Å². The van der Waals surface area contributed by atoms with Gasteiger partial charge in [0, 0.05) is 10.7 Å². The number of amides is 1. The van der Waals surface area contributed by atoms with Crippen LogP contribution in [0, 0.1) is 12.7 Å². The Morgan fingerprint density at radius 2 is 1.92 bits per heavy atom. The highest BCUT2D eigenvalue weighted by Gasteiger charge is 2.25. The number of methoxy groups -OCH3 is 1. The first-order valence-corrected chi connectivity index (χ1v) is 9.43. The Morgan fingerprint density at radius 1 is 1.23 bits per heavy atom. The molecule has 0 radical (unpaired) electrons. The van der Waals surface area contributed by atoms with Crippen molar-refractivity contribution in [3.8, 4) is 5.75 Å². The molecule has 2 rings (SSSR count). The zero-order chi connectivity index (χ0) is 19.5. The van der Waals surface area contributed by atoms with Gasteiger partial charge in [0.25, 0.3) is 0 Å². The van der Waals surface area contributed by atoms with Crippen molar-refractivity contribution < 1.29 is 22.3 Å². The van der Waals surface area contributed by atoms with Gasteiger partial charge in [-0.1, -0.05) is 11.6 Å². The van der Waals surface area contributed by atoms with Gasteiger partial charge in [-0.05, 0) is 55.8 Å². The molecule has 0 heterocycles. The summed E-state index contributed by atoms with van der Waals surface area (Å²) in [5, 5.41) is 3.14. The molecule has 0 fully saturated rings. The monoisotopic (exact) mass is 400 g/mol. The number of carbonyl (C=O) groups is 1. The van der Waals surface area contributed by atoms with Gasteiger partial charge in [0.05, 0.1) is 13.2 Å². The summed E-state index contributed by atoms with van der Waals surface area (Å²) in [6.45, 7) is 3.14. The van der Waals surface area contributed by atoms with Crippen molar-refractivity contribution in [3.05, 3.63) is 52.8 Å². The minimum Gasteiger partial charge on any atom is -0.495 e. The number of rotatable bonds is 6. The first-order valence-electron chi connectivity index (χ1n) is 7.57. The Labute approximate surface area is 156 Å². The molecule has 1 unspecified atom stereocenters. The van der Waals surface area contributed by atoms with Gasteiger partial charge in [-0.3, -0.25) is 4.79 Å². The Kier molecular flexibility index (Phi) is 6.22. The summed E-state index contributed by atoms with van der Waals surface area (Å²) in [5.41, 5.74) is 1.24. The van der Waals surface area contributed by atoms with Crippen LogP contribution in [0.5, 0.6) is 5.75 Å². The maximum Gasteiger partial charge on any atom is 0.245 e. The number of sulfonamides is 1. The number of anilines is 1. The Bertz CT molecular complexity index is 934. The summed E-state index contributed by atoms with van der Waals surface area (Å²) in [7, 11) is -2.91. The summed E-state index contributed by atoms with van der Waals surface area (Å²) in [5.74, 6) is -1.34. The van der Waals surface area contributed by atoms with E-state index in [1.807, 2.05) is 0 Å². The van der Waals surface area contributed by atoms with Crippen molar-refractivity contribution in [3.63, 3.8) is 0 Å². The third-order valence-corrected chi connectivity index (χ3v) is 5.38. The van der Waals surface area contributed by atoms with E-state index in [9.17, 15) is 17.6 Å². The van der Waals surface area contributed by atoms with Crippen molar-refractivity contribution in [1.82, 2.24) is 4.72 Å². The third-order valence-electron chi connectivity index (χ3n) is 3.59. The lowest BCUT2D eigenvalue weighted by Crippen LogP contribution is -2.41. The van der Waals surface area contributed by atoms with E-state index < -0.39 is 27.8 Å². The third kappa shape index (κ3) is 4.72. The second kappa shape index (κ2) is 8.03. The van der Waals surface area contributed by atoms with Crippen LogP contribution in [0.1, 0.15) is 12.5 Å². The van der Waals surface area contributed by atoms with Gasteiger partial charge in [0.15, 0.2) is 0 Å². The average molecular weight is 401 g/mol. The molecule has 0 saturated heterocycles. The van der Waals surface area contributed by atoms with E-state index in [4.69, 9.17) is 16.3 Å². The Morgan fingerprint density at radius 3 is 2.54 bits per heavy atom. The number of hydrogen-bond acceptors (Lipinski definition) is 4. The number of nitrogens with one attached hydrogen (secondary N) is 2. The minimum atomic E-state index is -4.18. The Hall–Kier alpha value is -2.16. The lowest BCUT2D eigenvalue weighted by Gasteiger charge is -2.17. The zero-order valence-corrected chi connectivity index (χ0v) is 15.9. The van der Waals surface area contributed by atoms with Gasteiger partial charge in [0.2, 0.25) is 15.9 Å². The van der Waals surface area contributed by atoms with Crippen molar-refractivity contribution in [2.24, 2.45) is 0 Å². The van der Waals surface area contributed by atoms with Crippen LogP contribution >= 0.6 is 11.6 Å². The molecule has 1 atom stereocenters. The SMILES string of the molecule is COc1ccc(F)cc1S(=O)(=O)NC(C)C(=O)Nc1ccc(Cl)cc1C. The molecule has 6 nitrogen and oxygen atoms in total. The summed E-state index contributed by atoms with van der Waals surface area (Å²) >= 11 is 5.87. The molecule has 0 saturated carbocycles. The number of hydrogen-bond donors (Lipinski definition) is 2. The molecule has 0 aromatic heterocycles. The lowest BCUT2D eigenvalue weighted by molar-refractivity contribution is -0.117. The maximum absolute atomic E-state index is 13.4. The van der Waals surface area contributed by atoms with E-state index in [0.29, 0.717) is 10.7 Å². The summed E-state index contributed by atoms with van der Waals surface area (Å²) in [6, 6.07) is 6.90. The molecule has 0 spiro atoms. The molecule has 2 N–H and O–H groups in total. The molecule has 140 valence electrons. The van der Waals surface area contributed by atoms with Crippen LogP contribution in [-0.2, 0) is 14.8 Å². The number of ether oxygens (including phenoxy) is 1. The van der Waals surface area contributed by atoms with Gasteiger partial charge in [-0.15, -0.1) is 0 Å². The summed E-state index contributed by atoms with van der Waals surface area (Å²) in [6.07, 6.45) is 0. The topological polar surface area (TPSA) is 84.5 Å². The smallest absolute Gasteiger partial charge is 0.245 e. The van der Waals surface area contributed by atoms with E-state index in [1.54, 1.807) is 25.1 Å². The lowest BCUT2D eigenvalue weighted by atomic mass is 10.2. The molecule has 2 aromatic carbocycles. The zero-order valence-electron chi connectivity index (χ0n) is 14.3. The van der Waals surface area contributed by atoms with Crippen LogP contribution in [0.15, 0.2) is 41.3 Å². The van der Waals surface area contributed by atoms with Gasteiger partial charge < -0.3 is 10.1 Å². The molecule has 0 aliphatic heterocycles. The quantitative estimate of drug-likeness (QED) is 0.780. The molecular weight excluding hydrogens is 383 g/mol. The first kappa shape index (κ1) is 20.2. The standard InChI is InChI=1S/C17H18ClFN2O4S/c1-10-8-12(18)4-6-14(10)20-17(22)11(2)21-26(23,24)16-9-13(19)5-7-15(16)25-3/h4-9,11,21H,1-3H3,(H,20,22). The number of carbonyl (C=O) groups excluding carboxylic acids is 1. The molecule has 26 heavy (non-hydrogen) atoms. The fourth-order valence-electron chi connectivity index (χ4n) is 2.22. The molecule has 0 aliphatic carbocycles. The first-order chi connectivity index (χ1) is 12.1. The van der Waals surface area contributed by atoms with Crippen molar-refractivity contribution in [2.45, 2.75) is 24.8 Å². The van der Waals surface area contributed by atoms with Crippen LogP contribution in [0.25, 0.3) is 0 Å². The average Bonchev–Trinajstić information content (AvgIpc) is 2.56. The van der Waals surface area contributed by atoms with Gasteiger partial charge >= 0.3 is 0 Å². The molecular formula is C17H18ClFN2O4S. The van der Waals surface area contributed by atoms with E-state index >= 15 is 0 Å². The number of benzene rings is 2. The van der Waals surface area contributed by atoms with Crippen molar-refractivity contribution >= 4 is 33.2 Å². The Balaban J connectivity index is 2.18. The second-order valence-corrected chi connectivity index (χ2v) is 7.71. The largest absolute Gasteiger partial charge is 0.495 e. The number of aryl methyl sites for hydroxylation is 1. The van der Waals surface area contributed by atoms with Crippen LogP contribution in [0.2, 0.25) is 5.02 Å². The summed E-state index contributed by atoms with van der Waals surface area (Å²) in [4.78, 5) is 11.9. The van der Waals surface area contributed by atoms with Crippen LogP contribution in [0.4, 0.5) is 10.1 Å². The minimum absolute atomic E-state index is 0.0277. The molecule has 2 aromatic rings. The molecule has 9 heteroatoms. The van der Waals surface area contributed by atoms with Crippen molar-refractivity contribution in [2.75, 3.05) is 12.4 Å². The highest BCUT2D eigenvalue weighted by molar-refractivity contribution is 7.89. The predicted octanol–water partition coefficient (Wildman–Crippen LogP) is 3.10.